The fraction of sp³-hybridized carbons (Fsp3) is 0.500. The number of carbonyl (C=O) groups is 2. The van der Waals surface area contributed by atoms with Gasteiger partial charge in [-0.25, -0.2) is 0 Å². The van der Waals surface area contributed by atoms with Gasteiger partial charge in [0.25, 0.3) is 0 Å². The second-order valence-electron chi connectivity index (χ2n) is 8.57. The Hall–Kier alpha value is -2.76. The predicted octanol–water partition coefficient (Wildman–Crippen LogP) is 3.71. The highest BCUT2D eigenvalue weighted by atomic mass is 16.5. The highest BCUT2D eigenvalue weighted by molar-refractivity contribution is 5.85. The van der Waals surface area contributed by atoms with E-state index >= 15 is 0 Å². The van der Waals surface area contributed by atoms with E-state index in [2.05, 4.69) is 10.6 Å². The van der Waals surface area contributed by atoms with Crippen LogP contribution in [0, 0.1) is 5.92 Å². The summed E-state index contributed by atoms with van der Waals surface area (Å²) in [6.45, 7) is 9.39. The van der Waals surface area contributed by atoms with Crippen LogP contribution in [-0.4, -0.2) is 52.4 Å². The molecule has 1 aromatic carbocycles. The normalized spacial score (nSPS) is 16.0. The monoisotopic (exact) mass is 411 g/mol. The summed E-state index contributed by atoms with van der Waals surface area (Å²) in [5.74, 6) is 1.01. The minimum atomic E-state index is -0.244. The zero-order valence-corrected chi connectivity index (χ0v) is 18.7. The van der Waals surface area contributed by atoms with Gasteiger partial charge in [0, 0.05) is 43.0 Å². The van der Waals surface area contributed by atoms with Gasteiger partial charge in [-0.05, 0) is 38.0 Å². The second-order valence-corrected chi connectivity index (χ2v) is 8.57. The molecule has 0 fully saturated rings. The first-order chi connectivity index (χ1) is 14.3. The van der Waals surface area contributed by atoms with Gasteiger partial charge in [-0.15, -0.1) is 0 Å². The molecule has 1 atom stereocenters. The zero-order valence-electron chi connectivity index (χ0n) is 18.7. The number of fused-ring (bicyclic) bond motifs is 1. The number of hydrogen-bond donors (Lipinski definition) is 0. The molecule has 0 bridgehead atoms. The molecule has 6 nitrogen and oxygen atoms in total. The van der Waals surface area contributed by atoms with Gasteiger partial charge in [0.05, 0.1) is 7.11 Å². The van der Waals surface area contributed by atoms with E-state index in [1.807, 2.05) is 69.1 Å². The standard InChI is InChI=1S/C24H33N3O3/c1-17(2)15-22(28)27(18(3)4)16-23(29)26-14-13-25-12-8-10-20(25)24(26)19-9-6-7-11-21(19)30-5/h6-12,17-18,24H,13-16H2,1-5H3. The van der Waals surface area contributed by atoms with Crippen LogP contribution in [0.2, 0.25) is 0 Å². The van der Waals surface area contributed by atoms with Gasteiger partial charge < -0.3 is 19.1 Å². The summed E-state index contributed by atoms with van der Waals surface area (Å²) in [7, 11) is 1.65. The van der Waals surface area contributed by atoms with E-state index in [0.717, 1.165) is 23.6 Å². The molecule has 1 aromatic heterocycles. The fourth-order valence-corrected chi connectivity index (χ4v) is 4.13. The summed E-state index contributed by atoms with van der Waals surface area (Å²) in [5, 5.41) is 0. The molecule has 1 aliphatic rings. The molecule has 2 aromatic rings. The molecule has 162 valence electrons. The lowest BCUT2D eigenvalue weighted by atomic mass is 9.98. The molecule has 1 unspecified atom stereocenters. The molecule has 2 heterocycles. The molecule has 3 rings (SSSR count). The van der Waals surface area contributed by atoms with Gasteiger partial charge in [0.1, 0.15) is 18.3 Å². The number of benzene rings is 1. The average Bonchev–Trinajstić information content (AvgIpc) is 3.19. The van der Waals surface area contributed by atoms with Crippen LogP contribution in [-0.2, 0) is 16.1 Å². The molecule has 2 amide bonds. The maximum Gasteiger partial charge on any atom is 0.243 e. The Morgan fingerprint density at radius 2 is 1.83 bits per heavy atom. The number of amides is 2. The van der Waals surface area contributed by atoms with Crippen LogP contribution < -0.4 is 4.74 Å². The first-order valence-corrected chi connectivity index (χ1v) is 10.7. The Kier molecular flexibility index (Phi) is 6.85. The third-order valence-electron chi connectivity index (χ3n) is 5.62. The van der Waals surface area contributed by atoms with Crippen molar-refractivity contribution in [2.45, 2.75) is 52.7 Å². The maximum atomic E-state index is 13.5. The van der Waals surface area contributed by atoms with Crippen molar-refractivity contribution < 1.29 is 14.3 Å². The van der Waals surface area contributed by atoms with Crippen LogP contribution in [0.3, 0.4) is 0 Å². The molecule has 0 saturated heterocycles. The number of aromatic nitrogens is 1. The van der Waals surface area contributed by atoms with Crippen molar-refractivity contribution in [3.63, 3.8) is 0 Å². The summed E-state index contributed by atoms with van der Waals surface area (Å²) in [6, 6.07) is 11.6. The molecule has 0 spiro atoms. The molecule has 0 N–H and O–H groups in total. The van der Waals surface area contributed by atoms with E-state index in [0.29, 0.717) is 13.0 Å². The van der Waals surface area contributed by atoms with Crippen molar-refractivity contribution >= 4 is 11.8 Å². The molecular weight excluding hydrogens is 378 g/mol. The summed E-state index contributed by atoms with van der Waals surface area (Å²) >= 11 is 0. The van der Waals surface area contributed by atoms with Crippen molar-refractivity contribution in [2.24, 2.45) is 5.92 Å². The maximum absolute atomic E-state index is 13.5. The number of methoxy groups -OCH3 is 1. The Labute approximate surface area is 179 Å². The van der Waals surface area contributed by atoms with Crippen molar-refractivity contribution in [2.75, 3.05) is 20.2 Å². The van der Waals surface area contributed by atoms with E-state index in [-0.39, 0.29) is 36.4 Å². The number of carbonyl (C=O) groups excluding carboxylic acids is 2. The number of rotatable bonds is 7. The Morgan fingerprint density at radius 1 is 1.10 bits per heavy atom. The number of ether oxygens (including phenoxy) is 1. The first kappa shape index (κ1) is 21.9. The van der Waals surface area contributed by atoms with E-state index in [9.17, 15) is 9.59 Å². The molecular formula is C24H33N3O3. The Bertz CT molecular complexity index is 887. The van der Waals surface area contributed by atoms with Crippen molar-refractivity contribution in [1.29, 1.82) is 0 Å². The van der Waals surface area contributed by atoms with Crippen molar-refractivity contribution in [3.05, 3.63) is 53.9 Å². The smallest absolute Gasteiger partial charge is 0.243 e. The number of nitrogens with zero attached hydrogens (tertiary/aromatic N) is 3. The number of hydrogen-bond acceptors (Lipinski definition) is 3. The van der Waals surface area contributed by atoms with Gasteiger partial charge >= 0.3 is 0 Å². The van der Waals surface area contributed by atoms with Crippen molar-refractivity contribution in [3.8, 4) is 5.75 Å². The average molecular weight is 412 g/mol. The predicted molar refractivity (Wildman–Crippen MR) is 117 cm³/mol. The summed E-state index contributed by atoms with van der Waals surface area (Å²) in [4.78, 5) is 29.9. The zero-order chi connectivity index (χ0) is 21.8. The highest BCUT2D eigenvalue weighted by Crippen LogP contribution is 2.37. The van der Waals surface area contributed by atoms with Crippen LogP contribution in [0.5, 0.6) is 5.75 Å². The van der Waals surface area contributed by atoms with Crippen LogP contribution >= 0.6 is 0 Å². The Morgan fingerprint density at radius 3 is 2.50 bits per heavy atom. The van der Waals surface area contributed by atoms with E-state index in [1.54, 1.807) is 12.0 Å². The van der Waals surface area contributed by atoms with E-state index in [4.69, 9.17) is 4.74 Å². The van der Waals surface area contributed by atoms with Crippen LogP contribution in [0.4, 0.5) is 0 Å². The highest BCUT2D eigenvalue weighted by Gasteiger charge is 2.35. The van der Waals surface area contributed by atoms with Gasteiger partial charge in [-0.3, -0.25) is 9.59 Å². The minimum absolute atomic E-state index is 0.0291. The minimum Gasteiger partial charge on any atom is -0.496 e. The molecule has 30 heavy (non-hydrogen) atoms. The van der Waals surface area contributed by atoms with Crippen LogP contribution in [0.1, 0.15) is 51.4 Å². The topological polar surface area (TPSA) is 54.8 Å². The van der Waals surface area contributed by atoms with E-state index < -0.39 is 0 Å². The molecule has 1 aliphatic heterocycles. The summed E-state index contributed by atoms with van der Waals surface area (Å²) < 4.78 is 7.79. The summed E-state index contributed by atoms with van der Waals surface area (Å²) in [5.41, 5.74) is 2.02. The number of para-hydroxylation sites is 1. The van der Waals surface area contributed by atoms with Crippen LogP contribution in [0.15, 0.2) is 42.6 Å². The van der Waals surface area contributed by atoms with Crippen LogP contribution in [0.25, 0.3) is 0 Å². The largest absolute Gasteiger partial charge is 0.496 e. The fourth-order valence-electron chi connectivity index (χ4n) is 4.13. The lowest BCUT2D eigenvalue weighted by Gasteiger charge is -2.39. The third-order valence-corrected chi connectivity index (χ3v) is 5.62. The SMILES string of the molecule is COc1ccccc1C1c2cccn2CCN1C(=O)CN(C(=O)CC(C)C)C(C)C. The third kappa shape index (κ3) is 4.53. The first-order valence-electron chi connectivity index (χ1n) is 10.7. The summed E-state index contributed by atoms with van der Waals surface area (Å²) in [6.07, 6.45) is 2.50. The lowest BCUT2D eigenvalue weighted by Crippen LogP contribution is -2.49. The van der Waals surface area contributed by atoms with Gasteiger partial charge in [-0.2, -0.15) is 0 Å². The van der Waals surface area contributed by atoms with E-state index in [1.165, 1.54) is 0 Å². The van der Waals surface area contributed by atoms with Gasteiger partial charge in [0.15, 0.2) is 0 Å². The molecule has 0 radical (unpaired) electrons. The molecule has 0 saturated carbocycles. The molecule has 0 aliphatic carbocycles. The van der Waals surface area contributed by atoms with Gasteiger partial charge in [-0.1, -0.05) is 32.0 Å². The van der Waals surface area contributed by atoms with Gasteiger partial charge in [0.2, 0.25) is 11.8 Å². The lowest BCUT2D eigenvalue weighted by molar-refractivity contribution is -0.144. The van der Waals surface area contributed by atoms with Crippen molar-refractivity contribution in [1.82, 2.24) is 14.4 Å². The molecule has 6 heteroatoms. The second kappa shape index (κ2) is 9.37. The quantitative estimate of drug-likeness (QED) is 0.698. The Balaban J connectivity index is 1.92.